The minimum atomic E-state index is 0.0496. The second kappa shape index (κ2) is 10.5. The van der Waals surface area contributed by atoms with Gasteiger partial charge in [0.05, 0.1) is 12.2 Å². The number of H-pyrrole nitrogens is 1. The molecule has 2 aliphatic heterocycles. The molecule has 3 aromatic rings. The van der Waals surface area contributed by atoms with E-state index in [0.29, 0.717) is 12.5 Å². The van der Waals surface area contributed by atoms with E-state index in [4.69, 9.17) is 0 Å². The topological polar surface area (TPSA) is 64.3 Å². The molecule has 2 N–H and O–H groups in total. The number of hydrogen-bond donors (Lipinski definition) is 2. The highest BCUT2D eigenvalue weighted by molar-refractivity contribution is 5.83. The van der Waals surface area contributed by atoms with Crippen molar-refractivity contribution in [3.8, 4) is 0 Å². The number of carbonyl (C=O) groups is 1. The van der Waals surface area contributed by atoms with Crippen LogP contribution in [0, 0.1) is 11.8 Å². The summed E-state index contributed by atoms with van der Waals surface area (Å²) in [5, 5.41) is 5.75. The molecule has 6 nitrogen and oxygen atoms in total. The quantitative estimate of drug-likeness (QED) is 0.557. The van der Waals surface area contributed by atoms with Crippen LogP contribution in [0.3, 0.4) is 0 Å². The van der Waals surface area contributed by atoms with E-state index >= 15 is 0 Å². The van der Waals surface area contributed by atoms with E-state index in [2.05, 4.69) is 67.5 Å². The summed E-state index contributed by atoms with van der Waals surface area (Å²) in [5.41, 5.74) is 2.39. The van der Waals surface area contributed by atoms with Crippen LogP contribution in [0.1, 0.15) is 30.5 Å². The van der Waals surface area contributed by atoms with E-state index in [1.54, 1.807) is 6.33 Å². The summed E-state index contributed by atoms with van der Waals surface area (Å²) < 4.78 is 0. The molecule has 0 radical (unpaired) electrons. The predicted molar refractivity (Wildman–Crippen MR) is 132 cm³/mol. The van der Waals surface area contributed by atoms with E-state index in [0.717, 1.165) is 44.7 Å². The second-order valence-electron chi connectivity index (χ2n) is 9.80. The average molecular weight is 446 g/mol. The Morgan fingerprint density at radius 1 is 1.06 bits per heavy atom. The van der Waals surface area contributed by atoms with Crippen molar-refractivity contribution in [1.82, 2.24) is 25.1 Å². The first-order chi connectivity index (χ1) is 16.2. The number of nitrogens with zero attached hydrogens (tertiary/aromatic N) is 3. The monoisotopic (exact) mass is 445 g/mol. The Morgan fingerprint density at radius 2 is 1.91 bits per heavy atom. The van der Waals surface area contributed by atoms with Crippen molar-refractivity contribution in [3.63, 3.8) is 0 Å². The Balaban J connectivity index is 1.24. The van der Waals surface area contributed by atoms with Crippen LogP contribution in [-0.4, -0.2) is 64.9 Å². The van der Waals surface area contributed by atoms with E-state index in [1.165, 1.54) is 42.3 Å². The molecule has 2 saturated heterocycles. The third-order valence-corrected chi connectivity index (χ3v) is 7.17. The average Bonchev–Trinajstić information content (AvgIpc) is 3.53. The van der Waals surface area contributed by atoms with E-state index in [1.807, 2.05) is 6.20 Å². The van der Waals surface area contributed by atoms with Crippen LogP contribution in [0.25, 0.3) is 10.8 Å². The van der Waals surface area contributed by atoms with Crippen LogP contribution in [0.15, 0.2) is 55.0 Å². The molecule has 0 bridgehead atoms. The van der Waals surface area contributed by atoms with Gasteiger partial charge in [-0.15, -0.1) is 0 Å². The van der Waals surface area contributed by atoms with Gasteiger partial charge in [0.25, 0.3) is 0 Å². The van der Waals surface area contributed by atoms with Gasteiger partial charge in [0.2, 0.25) is 5.91 Å². The molecule has 0 aliphatic carbocycles. The van der Waals surface area contributed by atoms with E-state index < -0.39 is 0 Å². The summed E-state index contributed by atoms with van der Waals surface area (Å²) >= 11 is 0. The molecule has 0 unspecified atom stereocenters. The zero-order valence-corrected chi connectivity index (χ0v) is 19.4. The van der Waals surface area contributed by atoms with Gasteiger partial charge in [0.15, 0.2) is 0 Å². The van der Waals surface area contributed by atoms with Crippen molar-refractivity contribution in [1.29, 1.82) is 0 Å². The maximum atomic E-state index is 13.1. The molecule has 33 heavy (non-hydrogen) atoms. The number of fused-ring (bicyclic) bond motifs is 1. The van der Waals surface area contributed by atoms with Crippen LogP contribution in [0.4, 0.5) is 0 Å². The fraction of sp³-hybridized carbons (Fsp3) is 0.481. The molecule has 2 fully saturated rings. The normalized spacial score (nSPS) is 22.1. The number of aromatic nitrogens is 2. The number of imidazole rings is 1. The molecule has 2 aliphatic rings. The van der Waals surface area contributed by atoms with Crippen LogP contribution in [0.2, 0.25) is 0 Å². The third kappa shape index (κ3) is 5.81. The summed E-state index contributed by atoms with van der Waals surface area (Å²) in [6, 6.07) is 15.3. The van der Waals surface area contributed by atoms with Gasteiger partial charge in [0.1, 0.15) is 0 Å². The summed E-state index contributed by atoms with van der Waals surface area (Å²) in [5.74, 6) is 0.790. The molecule has 0 spiro atoms. The first-order valence-corrected chi connectivity index (χ1v) is 12.4. The Bertz CT molecular complexity index is 1040. The lowest BCUT2D eigenvalue weighted by molar-refractivity contribution is -0.127. The summed E-state index contributed by atoms with van der Waals surface area (Å²) in [7, 11) is 0. The molecule has 0 saturated carbocycles. The maximum absolute atomic E-state index is 13.1. The highest BCUT2D eigenvalue weighted by atomic mass is 16.1. The molecule has 1 aromatic heterocycles. The molecule has 5 rings (SSSR count). The molecule has 3 heterocycles. The minimum Gasteiger partial charge on any atom is -0.355 e. The summed E-state index contributed by atoms with van der Waals surface area (Å²) in [6.45, 7) is 7.00. The van der Waals surface area contributed by atoms with Gasteiger partial charge in [-0.2, -0.15) is 0 Å². The van der Waals surface area contributed by atoms with Crippen LogP contribution in [-0.2, 0) is 17.8 Å². The molecule has 2 atom stereocenters. The lowest BCUT2D eigenvalue weighted by Crippen LogP contribution is -2.48. The zero-order chi connectivity index (χ0) is 22.5. The van der Waals surface area contributed by atoms with Crippen molar-refractivity contribution < 1.29 is 4.79 Å². The lowest BCUT2D eigenvalue weighted by Gasteiger charge is -2.38. The first kappa shape index (κ1) is 22.1. The number of carbonyl (C=O) groups excluding carboxylic acids is 1. The molecule has 174 valence electrons. The Hall–Kier alpha value is -2.70. The molecule has 1 amide bonds. The molecule has 6 heteroatoms. The number of piperidine rings is 1. The number of aromatic amines is 1. The number of benzene rings is 2. The van der Waals surface area contributed by atoms with Crippen molar-refractivity contribution >= 4 is 16.7 Å². The highest BCUT2D eigenvalue weighted by Gasteiger charge is 2.32. The number of rotatable bonds is 8. The van der Waals surface area contributed by atoms with E-state index in [9.17, 15) is 4.79 Å². The standard InChI is InChI=1S/C27H35N5O/c33-27(29-10-9-26-15-28-20-30-26)25-14-22(17-31-11-3-4-12-31)18-32(19-25)16-21-7-8-23-5-1-2-6-24(23)13-21/h1-2,5-8,13,15,20,22,25H,3-4,9-12,14,16-19H2,(H,28,30)(H,29,33)/t22-,25-/m1/s1. The number of amides is 1. The van der Waals surface area contributed by atoms with Gasteiger partial charge in [-0.05, 0) is 60.7 Å². The Kier molecular flexibility index (Phi) is 7.03. The minimum absolute atomic E-state index is 0.0496. The van der Waals surface area contributed by atoms with E-state index in [-0.39, 0.29) is 11.8 Å². The van der Waals surface area contributed by atoms with Gasteiger partial charge in [-0.1, -0.05) is 36.4 Å². The zero-order valence-electron chi connectivity index (χ0n) is 19.4. The first-order valence-electron chi connectivity index (χ1n) is 12.4. The van der Waals surface area contributed by atoms with Crippen molar-refractivity contribution in [2.75, 3.05) is 39.3 Å². The van der Waals surface area contributed by atoms with Crippen molar-refractivity contribution in [2.45, 2.75) is 32.2 Å². The smallest absolute Gasteiger partial charge is 0.224 e. The fourth-order valence-electron chi connectivity index (χ4n) is 5.57. The Morgan fingerprint density at radius 3 is 2.73 bits per heavy atom. The summed E-state index contributed by atoms with van der Waals surface area (Å²) in [6.07, 6.45) is 7.91. The van der Waals surface area contributed by atoms with Gasteiger partial charge >= 0.3 is 0 Å². The lowest BCUT2D eigenvalue weighted by atomic mass is 9.87. The van der Waals surface area contributed by atoms with Crippen LogP contribution in [0.5, 0.6) is 0 Å². The molecular formula is C27H35N5O. The number of likely N-dealkylation sites (tertiary alicyclic amines) is 2. The van der Waals surface area contributed by atoms with Crippen LogP contribution < -0.4 is 5.32 Å². The largest absolute Gasteiger partial charge is 0.355 e. The SMILES string of the molecule is O=C(NCCc1cnc[nH]1)[C@@H]1C[C@H](CN2CCCC2)CN(Cc2ccc3ccccc3c2)C1. The number of nitrogens with one attached hydrogen (secondary N) is 2. The fourth-order valence-corrected chi connectivity index (χ4v) is 5.57. The second-order valence-corrected chi connectivity index (χ2v) is 9.80. The molecule has 2 aromatic carbocycles. The number of hydrogen-bond acceptors (Lipinski definition) is 4. The maximum Gasteiger partial charge on any atom is 0.224 e. The van der Waals surface area contributed by atoms with Gasteiger partial charge in [-0.25, -0.2) is 4.98 Å². The third-order valence-electron chi connectivity index (χ3n) is 7.17. The Labute approximate surface area is 196 Å². The van der Waals surface area contributed by atoms with Crippen LogP contribution >= 0.6 is 0 Å². The summed E-state index contributed by atoms with van der Waals surface area (Å²) in [4.78, 5) is 25.4. The highest BCUT2D eigenvalue weighted by Crippen LogP contribution is 2.26. The van der Waals surface area contributed by atoms with Crippen molar-refractivity contribution in [2.24, 2.45) is 11.8 Å². The van der Waals surface area contributed by atoms with Crippen molar-refractivity contribution in [3.05, 3.63) is 66.2 Å². The van der Waals surface area contributed by atoms with Gasteiger partial charge in [-0.3, -0.25) is 9.69 Å². The molecular weight excluding hydrogens is 410 g/mol. The predicted octanol–water partition coefficient (Wildman–Crippen LogP) is 3.46. The van der Waals surface area contributed by atoms with Gasteiger partial charge < -0.3 is 15.2 Å². The van der Waals surface area contributed by atoms with Gasteiger partial charge in [0, 0.05) is 51.0 Å².